The molecule has 0 aromatic rings. The molecule has 5 heteroatoms. The van der Waals surface area contributed by atoms with E-state index in [1.165, 1.54) is 283 Å². The Balaban J connectivity index is 3.41. The average Bonchev–Trinajstić information content (AvgIpc) is 3.47. The first-order valence-corrected chi connectivity index (χ1v) is 36.0. The van der Waals surface area contributed by atoms with Crippen molar-refractivity contribution in [2.45, 2.75) is 386 Å². The van der Waals surface area contributed by atoms with Gasteiger partial charge in [-0.05, 0) is 64.2 Å². The first-order chi connectivity index (χ1) is 40.1. The van der Waals surface area contributed by atoms with Gasteiger partial charge < -0.3 is 14.6 Å². The van der Waals surface area contributed by atoms with Gasteiger partial charge in [0.2, 0.25) is 0 Å². The summed E-state index contributed by atoms with van der Waals surface area (Å²) in [7, 11) is 0. The second kappa shape index (κ2) is 71.6. The molecule has 0 radical (unpaired) electrons. The highest BCUT2D eigenvalue weighted by Crippen LogP contribution is 2.19. The number of aliphatic hydroxyl groups is 1. The molecule has 0 fully saturated rings. The van der Waals surface area contributed by atoms with E-state index in [1.807, 2.05) is 0 Å². The summed E-state index contributed by atoms with van der Waals surface area (Å²) >= 11 is 0. The van der Waals surface area contributed by atoms with Crippen LogP contribution in [0.2, 0.25) is 0 Å². The molecule has 0 heterocycles. The number of unbranched alkanes of at least 4 members (excludes halogenated alkanes) is 47. The molecule has 1 unspecified atom stereocenters. The van der Waals surface area contributed by atoms with Gasteiger partial charge in [-0.1, -0.05) is 376 Å². The van der Waals surface area contributed by atoms with Gasteiger partial charge in [-0.25, -0.2) is 0 Å². The van der Waals surface area contributed by atoms with Crippen LogP contribution in [0.15, 0.2) is 72.9 Å². The van der Waals surface area contributed by atoms with Gasteiger partial charge in [0.1, 0.15) is 6.61 Å². The number of allylic oxidation sites excluding steroid dienone is 12. The van der Waals surface area contributed by atoms with Crippen LogP contribution in [0.3, 0.4) is 0 Å². The van der Waals surface area contributed by atoms with E-state index in [4.69, 9.17) is 9.47 Å². The molecule has 0 aromatic carbocycles. The summed E-state index contributed by atoms with van der Waals surface area (Å²) in [6.07, 6.45) is 99.5. The monoisotopic (exact) mass is 1130 g/mol. The Bertz CT molecular complexity index is 1420. The molecule has 1 N–H and O–H groups in total. The average molecular weight is 1130 g/mol. The summed E-state index contributed by atoms with van der Waals surface area (Å²) < 4.78 is 10.8. The third-order valence-electron chi connectivity index (χ3n) is 16.3. The molecule has 0 amide bonds. The quantitative estimate of drug-likeness (QED) is 0.0373. The Morgan fingerprint density at radius 2 is 0.531 bits per heavy atom. The molecular formula is C76H138O5. The Morgan fingerprint density at radius 1 is 0.296 bits per heavy atom. The minimum Gasteiger partial charge on any atom is -0.462 e. The zero-order valence-corrected chi connectivity index (χ0v) is 54.3. The van der Waals surface area contributed by atoms with Crippen molar-refractivity contribution in [1.29, 1.82) is 0 Å². The Hall–Kier alpha value is -2.66. The second-order valence-electron chi connectivity index (χ2n) is 24.3. The van der Waals surface area contributed by atoms with E-state index < -0.39 is 6.10 Å². The molecule has 5 nitrogen and oxygen atoms in total. The van der Waals surface area contributed by atoms with Gasteiger partial charge in [-0.15, -0.1) is 0 Å². The van der Waals surface area contributed by atoms with Crippen molar-refractivity contribution < 1.29 is 24.2 Å². The van der Waals surface area contributed by atoms with Crippen LogP contribution >= 0.6 is 0 Å². The number of rotatable bonds is 67. The lowest BCUT2D eigenvalue weighted by atomic mass is 10.0. The van der Waals surface area contributed by atoms with Crippen molar-refractivity contribution in [1.82, 2.24) is 0 Å². The smallest absolute Gasteiger partial charge is 0.306 e. The van der Waals surface area contributed by atoms with Gasteiger partial charge in [0.15, 0.2) is 6.10 Å². The number of aliphatic hydroxyl groups excluding tert-OH is 1. The fourth-order valence-corrected chi connectivity index (χ4v) is 10.9. The molecule has 0 rings (SSSR count). The van der Waals surface area contributed by atoms with E-state index in [2.05, 4.69) is 86.8 Å². The number of hydrogen-bond acceptors (Lipinski definition) is 5. The summed E-state index contributed by atoms with van der Waals surface area (Å²) in [5.41, 5.74) is 0. The number of carbonyl (C=O) groups excluding carboxylic acids is 2. The third-order valence-corrected chi connectivity index (χ3v) is 16.3. The molecular weight excluding hydrogens is 993 g/mol. The van der Waals surface area contributed by atoms with Crippen molar-refractivity contribution in [2.75, 3.05) is 13.2 Å². The number of esters is 2. The molecule has 0 saturated heterocycles. The van der Waals surface area contributed by atoms with Crippen LogP contribution in [-0.4, -0.2) is 36.4 Å². The molecule has 0 aliphatic carbocycles. The first kappa shape index (κ1) is 78.3. The molecule has 0 aromatic heterocycles. The van der Waals surface area contributed by atoms with Gasteiger partial charge in [0.05, 0.1) is 6.61 Å². The van der Waals surface area contributed by atoms with E-state index in [0.29, 0.717) is 12.8 Å². The molecule has 1 atom stereocenters. The van der Waals surface area contributed by atoms with Crippen LogP contribution in [0, 0.1) is 0 Å². The van der Waals surface area contributed by atoms with Gasteiger partial charge in [-0.3, -0.25) is 9.59 Å². The van der Waals surface area contributed by atoms with E-state index in [0.717, 1.165) is 70.6 Å². The van der Waals surface area contributed by atoms with Crippen LogP contribution in [0.1, 0.15) is 380 Å². The predicted molar refractivity (Wildman–Crippen MR) is 357 cm³/mol. The van der Waals surface area contributed by atoms with E-state index in [1.54, 1.807) is 0 Å². The maximum atomic E-state index is 12.4. The Morgan fingerprint density at radius 3 is 0.802 bits per heavy atom. The van der Waals surface area contributed by atoms with E-state index >= 15 is 0 Å². The SMILES string of the molecule is CC/C=C\C/C=C\C/C=C\C/C=C\C/C=C\C/C=C\CCCCCCCCCCCCCCCCCCCCCCC(=O)OC(CO)COC(=O)CCCCCCCCCCCCCCCCCCCCCCCCCCCCCC. The van der Waals surface area contributed by atoms with Crippen LogP contribution in [0.4, 0.5) is 0 Å². The maximum Gasteiger partial charge on any atom is 0.306 e. The van der Waals surface area contributed by atoms with Gasteiger partial charge in [0.25, 0.3) is 0 Å². The highest BCUT2D eigenvalue weighted by atomic mass is 16.6. The molecule has 81 heavy (non-hydrogen) atoms. The van der Waals surface area contributed by atoms with E-state index in [-0.39, 0.29) is 25.2 Å². The highest BCUT2D eigenvalue weighted by Gasteiger charge is 2.16. The molecule has 0 aliphatic heterocycles. The van der Waals surface area contributed by atoms with Crippen molar-refractivity contribution in [2.24, 2.45) is 0 Å². The maximum absolute atomic E-state index is 12.4. The summed E-state index contributed by atoms with van der Waals surface area (Å²) in [5, 5.41) is 9.71. The largest absolute Gasteiger partial charge is 0.462 e. The fourth-order valence-electron chi connectivity index (χ4n) is 10.9. The standard InChI is InChI=1S/C76H138O5/c1-3-5-7-9-11-13-15-17-19-21-23-25-27-29-31-33-34-35-36-37-38-39-40-41-42-43-45-47-49-51-53-55-57-59-61-63-65-67-69-71-76(79)81-74(72-77)73-80-75(78)70-68-66-64-62-60-58-56-54-52-50-48-46-44-32-30-28-26-24-22-20-18-16-14-12-10-8-6-4-2/h5,7,11,13,17,19,23,25,29,31,34-35,74,77H,3-4,6,8-10,12,14-16,18,20-22,24,26-28,30,32-33,36-73H2,1-2H3/b7-5-,13-11-,19-17-,25-23-,31-29-,35-34-. The van der Waals surface area contributed by atoms with Crippen molar-refractivity contribution in [3.63, 3.8) is 0 Å². The lowest BCUT2D eigenvalue weighted by Crippen LogP contribution is -2.28. The third kappa shape index (κ3) is 69.7. The van der Waals surface area contributed by atoms with Crippen LogP contribution in [-0.2, 0) is 19.1 Å². The van der Waals surface area contributed by atoms with Gasteiger partial charge >= 0.3 is 11.9 Å². The Labute approximate surface area is 505 Å². The first-order valence-electron chi connectivity index (χ1n) is 36.0. The highest BCUT2D eigenvalue weighted by molar-refractivity contribution is 5.70. The van der Waals surface area contributed by atoms with Crippen LogP contribution in [0.25, 0.3) is 0 Å². The lowest BCUT2D eigenvalue weighted by molar-refractivity contribution is -0.161. The molecule has 472 valence electrons. The van der Waals surface area contributed by atoms with Crippen LogP contribution in [0.5, 0.6) is 0 Å². The summed E-state index contributed by atoms with van der Waals surface area (Å²) in [4.78, 5) is 24.7. The normalized spacial score (nSPS) is 12.6. The number of carbonyl (C=O) groups is 2. The summed E-state index contributed by atoms with van der Waals surface area (Å²) in [6.45, 7) is 4.08. The predicted octanol–water partition coefficient (Wildman–Crippen LogP) is 25.0. The minimum absolute atomic E-state index is 0.0604. The molecule has 0 spiro atoms. The lowest BCUT2D eigenvalue weighted by Gasteiger charge is -2.15. The second-order valence-corrected chi connectivity index (χ2v) is 24.3. The number of ether oxygens (including phenoxy) is 2. The fraction of sp³-hybridized carbons (Fsp3) is 0.816. The molecule has 0 aliphatic rings. The zero-order chi connectivity index (χ0) is 58.4. The van der Waals surface area contributed by atoms with Gasteiger partial charge in [0, 0.05) is 12.8 Å². The van der Waals surface area contributed by atoms with Crippen molar-refractivity contribution in [3.8, 4) is 0 Å². The number of hydrogen-bond donors (Lipinski definition) is 1. The zero-order valence-electron chi connectivity index (χ0n) is 54.3. The summed E-state index contributed by atoms with van der Waals surface area (Å²) in [5.74, 6) is -0.568. The Kier molecular flexibility index (Phi) is 69.3. The minimum atomic E-state index is -0.772. The topological polar surface area (TPSA) is 72.8 Å². The molecule has 0 bridgehead atoms. The van der Waals surface area contributed by atoms with Crippen LogP contribution < -0.4 is 0 Å². The van der Waals surface area contributed by atoms with Gasteiger partial charge in [-0.2, -0.15) is 0 Å². The van der Waals surface area contributed by atoms with E-state index in [9.17, 15) is 14.7 Å². The molecule has 0 saturated carbocycles. The van der Waals surface area contributed by atoms with Crippen molar-refractivity contribution >= 4 is 11.9 Å². The summed E-state index contributed by atoms with van der Waals surface area (Å²) in [6, 6.07) is 0. The van der Waals surface area contributed by atoms with Crippen molar-refractivity contribution in [3.05, 3.63) is 72.9 Å².